The highest BCUT2D eigenvalue weighted by atomic mass is 16.4. The molecule has 4 rings (SSSR count). The maximum Gasteiger partial charge on any atom is 0.339 e. The first kappa shape index (κ1) is 12.7. The SMILES string of the molecule is Cc1ccc2c(c1)[nH]c1c3cc(O)c(C(=O)O)cc3ccc21. The van der Waals surface area contributed by atoms with Crippen LogP contribution in [-0.2, 0) is 0 Å². The zero-order chi connectivity index (χ0) is 15.4. The minimum Gasteiger partial charge on any atom is -0.507 e. The standard InChI is InChI=1S/C18H13NO3/c1-9-2-4-11-12-5-3-10-7-14(18(21)22)16(20)8-13(10)17(12)19-15(11)6-9/h2-8,19-20H,1H3,(H,21,22). The van der Waals surface area contributed by atoms with Crippen molar-refractivity contribution in [3.8, 4) is 5.75 Å². The lowest BCUT2D eigenvalue weighted by atomic mass is 10.0. The number of benzene rings is 3. The Labute approximate surface area is 125 Å². The first-order chi connectivity index (χ1) is 10.5. The molecule has 0 bridgehead atoms. The second-order valence-corrected chi connectivity index (χ2v) is 5.56. The van der Waals surface area contributed by atoms with Gasteiger partial charge in [-0.3, -0.25) is 0 Å². The van der Waals surface area contributed by atoms with Gasteiger partial charge in [0.1, 0.15) is 11.3 Å². The van der Waals surface area contributed by atoms with Gasteiger partial charge in [0.2, 0.25) is 0 Å². The van der Waals surface area contributed by atoms with Crippen LogP contribution in [0.2, 0.25) is 0 Å². The smallest absolute Gasteiger partial charge is 0.339 e. The number of H-pyrrole nitrogens is 1. The number of carboxylic acid groups (broad SMARTS) is 1. The number of rotatable bonds is 1. The van der Waals surface area contributed by atoms with Crippen LogP contribution in [0.5, 0.6) is 5.75 Å². The third kappa shape index (κ3) is 1.67. The Bertz CT molecular complexity index is 1080. The van der Waals surface area contributed by atoms with Gasteiger partial charge in [-0.1, -0.05) is 24.3 Å². The van der Waals surface area contributed by atoms with Gasteiger partial charge in [-0.15, -0.1) is 0 Å². The van der Waals surface area contributed by atoms with Gasteiger partial charge in [-0.25, -0.2) is 4.79 Å². The summed E-state index contributed by atoms with van der Waals surface area (Å²) in [5.74, 6) is -1.35. The van der Waals surface area contributed by atoms with Crippen LogP contribution < -0.4 is 0 Å². The Hall–Kier alpha value is -3.01. The zero-order valence-corrected chi connectivity index (χ0v) is 11.8. The van der Waals surface area contributed by atoms with E-state index in [1.54, 1.807) is 0 Å². The molecule has 4 aromatic rings. The van der Waals surface area contributed by atoms with Gasteiger partial charge >= 0.3 is 5.97 Å². The monoisotopic (exact) mass is 291 g/mol. The Morgan fingerprint density at radius 1 is 1.00 bits per heavy atom. The fourth-order valence-corrected chi connectivity index (χ4v) is 3.02. The number of hydrogen-bond donors (Lipinski definition) is 3. The molecule has 0 aliphatic carbocycles. The lowest BCUT2D eigenvalue weighted by Crippen LogP contribution is -1.96. The number of phenols is 1. The van der Waals surface area contributed by atoms with Gasteiger partial charge in [0, 0.05) is 21.7 Å². The number of carbonyl (C=O) groups is 1. The summed E-state index contributed by atoms with van der Waals surface area (Å²) in [6.07, 6.45) is 0. The van der Waals surface area contributed by atoms with Crippen molar-refractivity contribution in [1.82, 2.24) is 4.98 Å². The molecular weight excluding hydrogens is 278 g/mol. The van der Waals surface area contributed by atoms with Crippen molar-refractivity contribution >= 4 is 38.5 Å². The average molecular weight is 291 g/mol. The fraction of sp³-hybridized carbons (Fsp3) is 0.0556. The highest BCUT2D eigenvalue weighted by Crippen LogP contribution is 2.34. The topological polar surface area (TPSA) is 73.3 Å². The van der Waals surface area contributed by atoms with Crippen molar-refractivity contribution in [1.29, 1.82) is 0 Å². The summed E-state index contributed by atoms with van der Waals surface area (Å²) >= 11 is 0. The van der Waals surface area contributed by atoms with Crippen molar-refractivity contribution in [3.05, 3.63) is 53.6 Å². The summed E-state index contributed by atoms with van der Waals surface area (Å²) < 4.78 is 0. The van der Waals surface area contributed by atoms with E-state index in [4.69, 9.17) is 5.11 Å². The largest absolute Gasteiger partial charge is 0.507 e. The predicted molar refractivity (Wildman–Crippen MR) is 86.7 cm³/mol. The number of aromatic nitrogens is 1. The fourth-order valence-electron chi connectivity index (χ4n) is 3.02. The molecule has 1 heterocycles. The third-order valence-electron chi connectivity index (χ3n) is 4.09. The molecule has 3 aromatic carbocycles. The van der Waals surface area contributed by atoms with Gasteiger partial charge < -0.3 is 15.2 Å². The summed E-state index contributed by atoms with van der Waals surface area (Å²) in [5.41, 5.74) is 3.02. The summed E-state index contributed by atoms with van der Waals surface area (Å²) in [6.45, 7) is 2.04. The first-order valence-corrected chi connectivity index (χ1v) is 6.95. The van der Waals surface area contributed by atoms with E-state index in [-0.39, 0.29) is 11.3 Å². The molecule has 4 heteroatoms. The molecule has 0 fully saturated rings. The number of aromatic amines is 1. The van der Waals surface area contributed by atoms with Crippen LogP contribution >= 0.6 is 0 Å². The molecule has 0 atom stereocenters. The predicted octanol–water partition coefficient (Wildman–Crippen LogP) is 4.19. The molecule has 22 heavy (non-hydrogen) atoms. The van der Waals surface area contributed by atoms with Crippen molar-refractivity contribution in [2.24, 2.45) is 0 Å². The lowest BCUT2D eigenvalue weighted by molar-refractivity contribution is 0.0694. The van der Waals surface area contributed by atoms with E-state index in [1.165, 1.54) is 17.7 Å². The van der Waals surface area contributed by atoms with Crippen LogP contribution in [0.1, 0.15) is 15.9 Å². The number of aryl methyl sites for hydroxylation is 1. The number of aromatic hydroxyl groups is 1. The van der Waals surface area contributed by atoms with E-state index in [1.807, 2.05) is 19.1 Å². The normalized spacial score (nSPS) is 11.5. The summed E-state index contributed by atoms with van der Waals surface area (Å²) in [5, 5.41) is 22.9. The maximum absolute atomic E-state index is 11.1. The number of nitrogens with one attached hydrogen (secondary N) is 1. The average Bonchev–Trinajstić information content (AvgIpc) is 2.84. The molecule has 0 radical (unpaired) electrons. The molecule has 4 nitrogen and oxygen atoms in total. The lowest BCUT2D eigenvalue weighted by Gasteiger charge is -2.04. The molecule has 0 amide bonds. The molecule has 0 saturated carbocycles. The molecule has 108 valence electrons. The Balaban J connectivity index is 2.16. The van der Waals surface area contributed by atoms with Crippen LogP contribution in [0.15, 0.2) is 42.5 Å². The second kappa shape index (κ2) is 4.24. The second-order valence-electron chi connectivity index (χ2n) is 5.56. The molecule has 0 aliphatic rings. The minimum absolute atomic E-state index is 0.0844. The quantitative estimate of drug-likeness (QED) is 0.492. The molecule has 3 N–H and O–H groups in total. The minimum atomic E-state index is -1.13. The van der Waals surface area contributed by atoms with Crippen LogP contribution in [0.4, 0.5) is 0 Å². The van der Waals surface area contributed by atoms with Crippen molar-refractivity contribution in [2.75, 3.05) is 0 Å². The summed E-state index contributed by atoms with van der Waals surface area (Å²) in [6, 6.07) is 13.1. The van der Waals surface area contributed by atoms with Gasteiger partial charge in [0.05, 0.1) is 5.52 Å². The van der Waals surface area contributed by atoms with E-state index in [0.29, 0.717) is 0 Å². The van der Waals surface area contributed by atoms with Crippen LogP contribution in [0.3, 0.4) is 0 Å². The van der Waals surface area contributed by atoms with Crippen molar-refractivity contribution in [2.45, 2.75) is 6.92 Å². The zero-order valence-electron chi connectivity index (χ0n) is 11.8. The Kier molecular flexibility index (Phi) is 2.45. The van der Waals surface area contributed by atoms with Crippen LogP contribution in [0.25, 0.3) is 32.6 Å². The third-order valence-corrected chi connectivity index (χ3v) is 4.09. The van der Waals surface area contributed by atoms with E-state index >= 15 is 0 Å². The van der Waals surface area contributed by atoms with Crippen LogP contribution in [0, 0.1) is 6.92 Å². The highest BCUT2D eigenvalue weighted by Gasteiger charge is 2.14. The molecule has 1 aromatic heterocycles. The number of carboxylic acids is 1. The molecule has 0 aliphatic heterocycles. The molecular formula is C18H13NO3. The van der Waals surface area contributed by atoms with E-state index in [9.17, 15) is 9.90 Å². The Morgan fingerprint density at radius 2 is 1.77 bits per heavy atom. The Morgan fingerprint density at radius 3 is 2.55 bits per heavy atom. The first-order valence-electron chi connectivity index (χ1n) is 6.95. The van der Waals surface area contributed by atoms with Gasteiger partial charge in [0.15, 0.2) is 0 Å². The van der Waals surface area contributed by atoms with E-state index in [0.717, 1.165) is 32.6 Å². The van der Waals surface area contributed by atoms with E-state index < -0.39 is 5.97 Å². The number of fused-ring (bicyclic) bond motifs is 5. The van der Waals surface area contributed by atoms with E-state index in [2.05, 4.69) is 23.2 Å². The van der Waals surface area contributed by atoms with Crippen LogP contribution in [-0.4, -0.2) is 21.2 Å². The van der Waals surface area contributed by atoms with Crippen molar-refractivity contribution < 1.29 is 15.0 Å². The molecule has 0 spiro atoms. The summed E-state index contributed by atoms with van der Waals surface area (Å²) in [7, 11) is 0. The summed E-state index contributed by atoms with van der Waals surface area (Å²) in [4.78, 5) is 14.5. The number of hydrogen-bond acceptors (Lipinski definition) is 2. The van der Waals surface area contributed by atoms with Gasteiger partial charge in [-0.2, -0.15) is 0 Å². The number of aromatic carboxylic acids is 1. The molecule has 0 unspecified atom stereocenters. The van der Waals surface area contributed by atoms with Gasteiger partial charge in [-0.05, 0) is 36.1 Å². The highest BCUT2D eigenvalue weighted by molar-refractivity contribution is 6.18. The maximum atomic E-state index is 11.1. The van der Waals surface area contributed by atoms with Crippen molar-refractivity contribution in [3.63, 3.8) is 0 Å². The van der Waals surface area contributed by atoms with Gasteiger partial charge in [0.25, 0.3) is 0 Å². The molecule has 0 saturated heterocycles.